The zero-order valence-corrected chi connectivity index (χ0v) is 15.5. The van der Waals surface area contributed by atoms with Gasteiger partial charge in [0.1, 0.15) is 5.60 Å². The van der Waals surface area contributed by atoms with Gasteiger partial charge >= 0.3 is 12.1 Å². The summed E-state index contributed by atoms with van der Waals surface area (Å²) in [6, 6.07) is 8.16. The molecular formula is C19H28N2O4. The van der Waals surface area contributed by atoms with Gasteiger partial charge in [-0.3, -0.25) is 4.79 Å². The predicted molar refractivity (Wildman–Crippen MR) is 95.2 cm³/mol. The van der Waals surface area contributed by atoms with Crippen LogP contribution in [0.4, 0.5) is 4.79 Å². The first-order valence-electron chi connectivity index (χ1n) is 8.63. The lowest BCUT2D eigenvalue weighted by molar-refractivity contribution is -0.139. The quantitative estimate of drug-likeness (QED) is 0.828. The van der Waals surface area contributed by atoms with Crippen LogP contribution in [-0.4, -0.2) is 48.8 Å². The Hall–Kier alpha value is -2.08. The molecule has 138 valence electrons. The summed E-state index contributed by atoms with van der Waals surface area (Å²) in [4.78, 5) is 25.1. The molecule has 0 spiro atoms. The molecule has 2 rings (SSSR count). The highest BCUT2D eigenvalue weighted by molar-refractivity contribution is 5.72. The van der Waals surface area contributed by atoms with Crippen molar-refractivity contribution in [3.8, 4) is 0 Å². The van der Waals surface area contributed by atoms with Crippen LogP contribution in [0.1, 0.15) is 38.3 Å². The van der Waals surface area contributed by atoms with Crippen molar-refractivity contribution >= 4 is 12.1 Å². The van der Waals surface area contributed by atoms with Crippen molar-refractivity contribution in [1.29, 1.82) is 0 Å². The van der Waals surface area contributed by atoms with Crippen LogP contribution >= 0.6 is 0 Å². The van der Waals surface area contributed by atoms with E-state index in [2.05, 4.69) is 10.1 Å². The van der Waals surface area contributed by atoms with Crippen LogP contribution in [0.3, 0.4) is 0 Å². The van der Waals surface area contributed by atoms with Crippen molar-refractivity contribution < 1.29 is 19.1 Å². The third kappa shape index (κ3) is 6.38. The van der Waals surface area contributed by atoms with Gasteiger partial charge in [-0.1, -0.05) is 24.3 Å². The van der Waals surface area contributed by atoms with Gasteiger partial charge in [0.05, 0.1) is 13.5 Å². The minimum atomic E-state index is -0.464. The number of carbonyl (C=O) groups excluding carboxylic acids is 2. The minimum Gasteiger partial charge on any atom is -0.469 e. The lowest BCUT2D eigenvalue weighted by atomic mass is 10.1. The second kappa shape index (κ2) is 8.34. The van der Waals surface area contributed by atoms with Crippen LogP contribution in [0.5, 0.6) is 0 Å². The maximum Gasteiger partial charge on any atom is 0.410 e. The monoisotopic (exact) mass is 348 g/mol. The van der Waals surface area contributed by atoms with Crippen molar-refractivity contribution in [2.24, 2.45) is 0 Å². The fourth-order valence-corrected chi connectivity index (χ4v) is 2.70. The van der Waals surface area contributed by atoms with E-state index in [1.54, 1.807) is 4.90 Å². The second-order valence-corrected chi connectivity index (χ2v) is 7.36. The molecule has 1 aliphatic rings. The summed E-state index contributed by atoms with van der Waals surface area (Å²) in [6.45, 7) is 7.73. The maximum atomic E-state index is 12.1. The Morgan fingerprint density at radius 2 is 1.84 bits per heavy atom. The third-order valence-corrected chi connectivity index (χ3v) is 4.03. The van der Waals surface area contributed by atoms with Crippen molar-refractivity contribution in [1.82, 2.24) is 10.2 Å². The standard InChI is InChI=1S/C19H28N2O4/c1-19(2,3)25-18(23)21-10-9-16(13-21)20-12-15-7-5-14(6-8-15)11-17(22)24-4/h5-8,16,20H,9-13H2,1-4H3. The summed E-state index contributed by atoms with van der Waals surface area (Å²) in [5, 5.41) is 3.48. The number of esters is 1. The number of likely N-dealkylation sites (tertiary alicyclic amines) is 1. The summed E-state index contributed by atoms with van der Waals surface area (Å²) in [7, 11) is 1.39. The molecule has 6 nitrogen and oxygen atoms in total. The van der Waals surface area contributed by atoms with E-state index in [0.29, 0.717) is 13.1 Å². The number of amides is 1. The van der Waals surface area contributed by atoms with E-state index in [1.807, 2.05) is 45.0 Å². The van der Waals surface area contributed by atoms with Gasteiger partial charge in [-0.15, -0.1) is 0 Å². The number of ether oxygens (including phenoxy) is 2. The van der Waals surface area contributed by atoms with Gasteiger partial charge in [0.15, 0.2) is 0 Å². The smallest absolute Gasteiger partial charge is 0.410 e. The fraction of sp³-hybridized carbons (Fsp3) is 0.579. The van der Waals surface area contributed by atoms with E-state index in [-0.39, 0.29) is 24.5 Å². The number of hydrogen-bond acceptors (Lipinski definition) is 5. The van der Waals surface area contributed by atoms with Crippen LogP contribution in [0.15, 0.2) is 24.3 Å². The first-order chi connectivity index (χ1) is 11.8. The molecule has 0 saturated carbocycles. The Balaban J connectivity index is 1.77. The number of methoxy groups -OCH3 is 1. The van der Waals surface area contributed by atoms with E-state index in [1.165, 1.54) is 7.11 Å². The Bertz CT molecular complexity index is 592. The van der Waals surface area contributed by atoms with E-state index in [0.717, 1.165) is 24.1 Å². The number of hydrogen-bond donors (Lipinski definition) is 1. The molecule has 1 fully saturated rings. The summed E-state index contributed by atoms with van der Waals surface area (Å²) in [5.41, 5.74) is 1.62. The minimum absolute atomic E-state index is 0.237. The third-order valence-electron chi connectivity index (χ3n) is 4.03. The van der Waals surface area contributed by atoms with Gasteiger partial charge in [0, 0.05) is 25.7 Å². The zero-order valence-electron chi connectivity index (χ0n) is 15.5. The van der Waals surface area contributed by atoms with E-state index >= 15 is 0 Å². The van der Waals surface area contributed by atoms with Gasteiger partial charge in [0.25, 0.3) is 0 Å². The van der Waals surface area contributed by atoms with Crippen LogP contribution in [-0.2, 0) is 27.2 Å². The van der Waals surface area contributed by atoms with Crippen molar-refractivity contribution in [2.75, 3.05) is 20.2 Å². The highest BCUT2D eigenvalue weighted by Crippen LogP contribution is 2.16. The van der Waals surface area contributed by atoms with Crippen LogP contribution in [0, 0.1) is 0 Å². The number of nitrogens with one attached hydrogen (secondary N) is 1. The van der Waals surface area contributed by atoms with Crippen LogP contribution in [0.2, 0.25) is 0 Å². The second-order valence-electron chi connectivity index (χ2n) is 7.36. The molecule has 1 saturated heterocycles. The molecule has 0 radical (unpaired) electrons. The molecule has 0 aromatic heterocycles. The van der Waals surface area contributed by atoms with Gasteiger partial charge in [-0.05, 0) is 38.3 Å². The molecular weight excluding hydrogens is 320 g/mol. The van der Waals surface area contributed by atoms with Crippen LogP contribution < -0.4 is 5.32 Å². The fourth-order valence-electron chi connectivity index (χ4n) is 2.70. The van der Waals surface area contributed by atoms with E-state index in [9.17, 15) is 9.59 Å². The SMILES string of the molecule is COC(=O)Cc1ccc(CNC2CCN(C(=O)OC(C)(C)C)C2)cc1. The summed E-state index contributed by atoms with van der Waals surface area (Å²) in [5.74, 6) is -0.237. The average Bonchev–Trinajstić information content (AvgIpc) is 3.01. The zero-order chi connectivity index (χ0) is 18.4. The Morgan fingerprint density at radius 1 is 1.20 bits per heavy atom. The maximum absolute atomic E-state index is 12.1. The number of carbonyl (C=O) groups is 2. The molecule has 25 heavy (non-hydrogen) atoms. The van der Waals surface area contributed by atoms with Crippen molar-refractivity contribution in [3.05, 3.63) is 35.4 Å². The Labute approximate surface area is 149 Å². The van der Waals surface area contributed by atoms with E-state index in [4.69, 9.17) is 4.74 Å². The molecule has 1 unspecified atom stereocenters. The summed E-state index contributed by atoms with van der Waals surface area (Å²) < 4.78 is 10.1. The molecule has 1 N–H and O–H groups in total. The van der Waals surface area contributed by atoms with Gasteiger partial charge in [-0.2, -0.15) is 0 Å². The molecule has 0 aliphatic carbocycles. The normalized spacial score (nSPS) is 17.4. The lowest BCUT2D eigenvalue weighted by Crippen LogP contribution is -2.38. The van der Waals surface area contributed by atoms with Gasteiger partial charge in [-0.25, -0.2) is 4.79 Å². The first-order valence-corrected chi connectivity index (χ1v) is 8.63. The predicted octanol–water partition coefficient (Wildman–Crippen LogP) is 2.50. The molecule has 0 bridgehead atoms. The molecule has 1 heterocycles. The van der Waals surface area contributed by atoms with Crippen molar-refractivity contribution in [3.63, 3.8) is 0 Å². The average molecular weight is 348 g/mol. The number of nitrogens with zero attached hydrogens (tertiary/aromatic N) is 1. The van der Waals surface area contributed by atoms with E-state index < -0.39 is 5.60 Å². The number of benzene rings is 1. The Morgan fingerprint density at radius 3 is 2.44 bits per heavy atom. The molecule has 1 aliphatic heterocycles. The summed E-state index contributed by atoms with van der Waals surface area (Å²) in [6.07, 6.45) is 0.959. The van der Waals surface area contributed by atoms with Gasteiger partial charge in [0.2, 0.25) is 0 Å². The molecule has 1 aromatic carbocycles. The molecule has 1 amide bonds. The topological polar surface area (TPSA) is 67.9 Å². The molecule has 1 aromatic rings. The highest BCUT2D eigenvalue weighted by atomic mass is 16.6. The number of rotatable bonds is 5. The Kier molecular flexibility index (Phi) is 6.42. The largest absolute Gasteiger partial charge is 0.469 e. The van der Waals surface area contributed by atoms with Crippen LogP contribution in [0.25, 0.3) is 0 Å². The highest BCUT2D eigenvalue weighted by Gasteiger charge is 2.29. The lowest BCUT2D eigenvalue weighted by Gasteiger charge is -2.24. The van der Waals surface area contributed by atoms with Crippen molar-refractivity contribution in [2.45, 2.75) is 51.8 Å². The first kappa shape index (κ1) is 19.2. The van der Waals surface area contributed by atoms with Gasteiger partial charge < -0.3 is 19.7 Å². The molecule has 6 heteroatoms. The summed E-state index contributed by atoms with van der Waals surface area (Å²) >= 11 is 0. The molecule has 1 atom stereocenters.